The number of amides is 1. The van der Waals surface area contributed by atoms with Crippen LogP contribution in [0.3, 0.4) is 0 Å². The first kappa shape index (κ1) is 14.8. The van der Waals surface area contributed by atoms with E-state index in [4.69, 9.17) is 4.74 Å². The van der Waals surface area contributed by atoms with Crippen molar-refractivity contribution in [3.8, 4) is 0 Å². The Morgan fingerprint density at radius 1 is 1.55 bits per heavy atom. The summed E-state index contributed by atoms with van der Waals surface area (Å²) in [5, 5.41) is 3.29. The van der Waals surface area contributed by atoms with Crippen LogP contribution in [0, 0.1) is 0 Å². The quantitative estimate of drug-likeness (QED) is 0.896. The minimum absolute atomic E-state index is 0.0402. The molecule has 0 aliphatic carbocycles. The zero-order valence-corrected chi connectivity index (χ0v) is 12.3. The Hall–Kier alpha value is -1.62. The van der Waals surface area contributed by atoms with Crippen LogP contribution in [0.2, 0.25) is 0 Å². The van der Waals surface area contributed by atoms with Crippen molar-refractivity contribution in [3.63, 3.8) is 0 Å². The topological polar surface area (TPSA) is 54.5 Å². The van der Waals surface area contributed by atoms with Gasteiger partial charge in [-0.25, -0.2) is 0 Å². The van der Waals surface area contributed by atoms with Crippen molar-refractivity contribution in [1.29, 1.82) is 0 Å². The van der Waals surface area contributed by atoms with Crippen LogP contribution in [0.15, 0.2) is 18.5 Å². The van der Waals surface area contributed by atoms with Crippen molar-refractivity contribution in [2.24, 2.45) is 0 Å². The van der Waals surface area contributed by atoms with Gasteiger partial charge in [-0.1, -0.05) is 13.8 Å². The molecule has 1 fully saturated rings. The number of anilines is 1. The third kappa shape index (κ3) is 3.48. The van der Waals surface area contributed by atoms with Gasteiger partial charge in [-0.3, -0.25) is 9.78 Å². The molecule has 2 heterocycles. The van der Waals surface area contributed by atoms with Crippen LogP contribution in [0.4, 0.5) is 5.69 Å². The van der Waals surface area contributed by atoms with E-state index in [0.717, 1.165) is 25.1 Å². The Balaban J connectivity index is 2.11. The molecule has 1 unspecified atom stereocenters. The second-order valence-electron chi connectivity index (χ2n) is 5.00. The largest absolute Gasteiger partial charge is 0.384 e. The highest BCUT2D eigenvalue weighted by Crippen LogP contribution is 2.18. The average molecular weight is 277 g/mol. The number of nitrogens with one attached hydrogen (secondary N) is 1. The summed E-state index contributed by atoms with van der Waals surface area (Å²) in [7, 11) is 0. The molecule has 1 aromatic rings. The van der Waals surface area contributed by atoms with Crippen molar-refractivity contribution in [2.75, 3.05) is 31.6 Å². The molecule has 1 aliphatic rings. The second kappa shape index (κ2) is 7.24. The van der Waals surface area contributed by atoms with E-state index in [1.165, 1.54) is 0 Å². The van der Waals surface area contributed by atoms with Gasteiger partial charge in [0.25, 0.3) is 5.91 Å². The number of carbonyl (C=O) groups excluding carboxylic acids is 1. The van der Waals surface area contributed by atoms with Gasteiger partial charge in [0.05, 0.1) is 24.0 Å². The smallest absolute Gasteiger partial charge is 0.257 e. The van der Waals surface area contributed by atoms with E-state index in [-0.39, 0.29) is 12.0 Å². The van der Waals surface area contributed by atoms with Crippen molar-refractivity contribution in [3.05, 3.63) is 24.0 Å². The van der Waals surface area contributed by atoms with E-state index in [1.54, 1.807) is 12.4 Å². The number of ether oxygens (including phenoxy) is 1. The van der Waals surface area contributed by atoms with Gasteiger partial charge in [0.1, 0.15) is 0 Å². The number of aromatic nitrogens is 1. The molecule has 1 atom stereocenters. The SMILES string of the molecule is CCCNc1ccncc1C(=O)N1CCOC(CC)C1. The third-order valence-electron chi connectivity index (χ3n) is 3.50. The summed E-state index contributed by atoms with van der Waals surface area (Å²) in [4.78, 5) is 18.6. The molecule has 1 amide bonds. The number of hydrogen-bond donors (Lipinski definition) is 1. The van der Waals surface area contributed by atoms with Gasteiger partial charge >= 0.3 is 0 Å². The third-order valence-corrected chi connectivity index (χ3v) is 3.50. The first-order chi connectivity index (χ1) is 9.76. The van der Waals surface area contributed by atoms with Crippen LogP contribution in [-0.4, -0.2) is 48.1 Å². The fraction of sp³-hybridized carbons (Fsp3) is 0.600. The molecule has 1 aromatic heterocycles. The van der Waals surface area contributed by atoms with Crippen LogP contribution in [-0.2, 0) is 4.74 Å². The lowest BCUT2D eigenvalue weighted by Gasteiger charge is -2.32. The van der Waals surface area contributed by atoms with Gasteiger partial charge < -0.3 is 15.0 Å². The van der Waals surface area contributed by atoms with Crippen LogP contribution in [0.1, 0.15) is 37.0 Å². The summed E-state index contributed by atoms with van der Waals surface area (Å²) in [5.74, 6) is 0.0402. The highest BCUT2D eigenvalue weighted by atomic mass is 16.5. The van der Waals surface area contributed by atoms with Gasteiger partial charge in [-0.05, 0) is 18.9 Å². The fourth-order valence-corrected chi connectivity index (χ4v) is 2.30. The van der Waals surface area contributed by atoms with Crippen molar-refractivity contribution >= 4 is 11.6 Å². The first-order valence-electron chi connectivity index (χ1n) is 7.35. The van der Waals surface area contributed by atoms with Crippen LogP contribution in [0.25, 0.3) is 0 Å². The molecule has 1 saturated heterocycles. The lowest BCUT2D eigenvalue weighted by molar-refractivity contribution is -0.0226. The zero-order valence-electron chi connectivity index (χ0n) is 12.3. The van der Waals surface area contributed by atoms with Gasteiger partial charge in [0.15, 0.2) is 0 Å². The van der Waals surface area contributed by atoms with E-state index < -0.39 is 0 Å². The summed E-state index contributed by atoms with van der Waals surface area (Å²) in [6.45, 7) is 6.96. The number of pyridine rings is 1. The highest BCUT2D eigenvalue weighted by molar-refractivity contribution is 5.99. The van der Waals surface area contributed by atoms with Crippen LogP contribution in [0.5, 0.6) is 0 Å². The summed E-state index contributed by atoms with van der Waals surface area (Å²) in [6.07, 6.45) is 5.46. The van der Waals surface area contributed by atoms with E-state index in [2.05, 4.69) is 24.1 Å². The number of morpholine rings is 1. The molecule has 1 aliphatic heterocycles. The second-order valence-corrected chi connectivity index (χ2v) is 5.00. The maximum atomic E-state index is 12.6. The Kier molecular flexibility index (Phi) is 5.35. The predicted octanol–water partition coefficient (Wildman–Crippen LogP) is 2.15. The molecule has 0 bridgehead atoms. The van der Waals surface area contributed by atoms with Gasteiger partial charge in [-0.15, -0.1) is 0 Å². The first-order valence-corrected chi connectivity index (χ1v) is 7.35. The Bertz CT molecular complexity index is 450. The number of hydrogen-bond acceptors (Lipinski definition) is 4. The Morgan fingerprint density at radius 3 is 3.15 bits per heavy atom. The molecule has 5 nitrogen and oxygen atoms in total. The molecule has 0 radical (unpaired) electrons. The molecule has 0 saturated carbocycles. The molecular weight excluding hydrogens is 254 g/mol. The van der Waals surface area contributed by atoms with E-state index in [0.29, 0.717) is 25.3 Å². The van der Waals surface area contributed by atoms with E-state index in [1.807, 2.05) is 11.0 Å². The number of rotatable bonds is 5. The zero-order chi connectivity index (χ0) is 14.4. The van der Waals surface area contributed by atoms with Crippen molar-refractivity contribution < 1.29 is 9.53 Å². The molecule has 0 spiro atoms. The fourth-order valence-electron chi connectivity index (χ4n) is 2.30. The van der Waals surface area contributed by atoms with E-state index >= 15 is 0 Å². The summed E-state index contributed by atoms with van der Waals surface area (Å²) < 4.78 is 5.61. The van der Waals surface area contributed by atoms with Crippen molar-refractivity contribution in [1.82, 2.24) is 9.88 Å². The maximum Gasteiger partial charge on any atom is 0.257 e. The number of nitrogens with zero attached hydrogens (tertiary/aromatic N) is 2. The lowest BCUT2D eigenvalue weighted by Crippen LogP contribution is -2.45. The summed E-state index contributed by atoms with van der Waals surface area (Å²) in [6, 6.07) is 1.86. The van der Waals surface area contributed by atoms with Crippen molar-refractivity contribution in [2.45, 2.75) is 32.8 Å². The normalized spacial score (nSPS) is 18.9. The van der Waals surface area contributed by atoms with Crippen LogP contribution < -0.4 is 5.32 Å². The molecule has 110 valence electrons. The maximum absolute atomic E-state index is 12.6. The molecule has 2 rings (SSSR count). The number of carbonyl (C=O) groups is 1. The lowest BCUT2D eigenvalue weighted by atomic mass is 10.1. The minimum atomic E-state index is 0.0402. The van der Waals surface area contributed by atoms with Crippen LogP contribution >= 0.6 is 0 Å². The molecule has 0 aromatic carbocycles. The Morgan fingerprint density at radius 2 is 2.40 bits per heavy atom. The van der Waals surface area contributed by atoms with Gasteiger partial charge in [0, 0.05) is 32.0 Å². The minimum Gasteiger partial charge on any atom is -0.384 e. The summed E-state index contributed by atoms with van der Waals surface area (Å²) in [5.41, 5.74) is 1.52. The van der Waals surface area contributed by atoms with Gasteiger partial charge in [-0.2, -0.15) is 0 Å². The Labute approximate surface area is 120 Å². The van der Waals surface area contributed by atoms with E-state index in [9.17, 15) is 4.79 Å². The summed E-state index contributed by atoms with van der Waals surface area (Å²) >= 11 is 0. The highest BCUT2D eigenvalue weighted by Gasteiger charge is 2.25. The molecular formula is C15H23N3O2. The molecule has 1 N–H and O–H groups in total. The standard InChI is InChI=1S/C15H23N3O2/c1-3-6-17-14-5-7-16-10-13(14)15(19)18-8-9-20-12(4-2)11-18/h5,7,10,12H,3-4,6,8-9,11H2,1-2H3,(H,16,17). The molecule has 5 heteroatoms. The van der Waals surface area contributed by atoms with Gasteiger partial charge in [0.2, 0.25) is 0 Å². The monoisotopic (exact) mass is 277 g/mol. The molecule has 20 heavy (non-hydrogen) atoms. The predicted molar refractivity (Wildman–Crippen MR) is 79.0 cm³/mol. The average Bonchev–Trinajstić information content (AvgIpc) is 2.52.